The largest absolute Gasteiger partial charge is 0.454 e. The van der Waals surface area contributed by atoms with Crippen LogP contribution in [0.4, 0.5) is 4.39 Å². The molecule has 34 heavy (non-hydrogen) atoms. The summed E-state index contributed by atoms with van der Waals surface area (Å²) in [7, 11) is 1.57. The second-order valence-corrected chi connectivity index (χ2v) is 8.65. The van der Waals surface area contributed by atoms with Crippen molar-refractivity contribution < 1.29 is 28.2 Å². The van der Waals surface area contributed by atoms with Crippen LogP contribution >= 0.6 is 0 Å². The first-order valence-electron chi connectivity index (χ1n) is 11.4. The molecule has 1 fully saturated rings. The van der Waals surface area contributed by atoms with Gasteiger partial charge in [0, 0.05) is 26.0 Å². The van der Waals surface area contributed by atoms with Gasteiger partial charge in [0.1, 0.15) is 12.4 Å². The standard InChI is InChI=1S/C25H26FN3O5/c1-32-11-10-28(25(31)17-2-3-17)14-24(30)29-21(18-6-9-22-23(12-18)34-15-33-22)13-20(27-29)16-4-7-19(26)8-5-16/h4-9,12,17,21H,2-3,10-11,13-15H2,1H3. The monoisotopic (exact) mass is 467 g/mol. The lowest BCUT2D eigenvalue weighted by Gasteiger charge is -2.27. The van der Waals surface area contributed by atoms with E-state index in [0.29, 0.717) is 36.8 Å². The lowest BCUT2D eigenvalue weighted by atomic mass is 9.98. The molecule has 3 aliphatic rings. The van der Waals surface area contributed by atoms with Gasteiger partial charge in [0.25, 0.3) is 5.91 Å². The van der Waals surface area contributed by atoms with E-state index in [4.69, 9.17) is 14.2 Å². The van der Waals surface area contributed by atoms with Crippen molar-refractivity contribution in [2.45, 2.75) is 25.3 Å². The summed E-state index contributed by atoms with van der Waals surface area (Å²) in [5.74, 6) is 0.615. The number of carbonyl (C=O) groups is 2. The Kier molecular flexibility index (Phi) is 6.19. The normalized spacial score (nSPS) is 18.7. The fraction of sp³-hybridized carbons (Fsp3) is 0.400. The van der Waals surface area contributed by atoms with Crippen molar-refractivity contribution in [2.75, 3.05) is 33.6 Å². The summed E-state index contributed by atoms with van der Waals surface area (Å²) in [6.45, 7) is 0.761. The number of ether oxygens (including phenoxy) is 3. The maximum absolute atomic E-state index is 13.5. The molecule has 2 aromatic rings. The van der Waals surface area contributed by atoms with Crippen molar-refractivity contribution in [2.24, 2.45) is 11.0 Å². The maximum atomic E-state index is 13.5. The molecule has 0 N–H and O–H groups in total. The number of hydrogen-bond acceptors (Lipinski definition) is 6. The minimum atomic E-state index is -0.387. The van der Waals surface area contributed by atoms with Gasteiger partial charge in [-0.15, -0.1) is 0 Å². The SMILES string of the molecule is COCCN(CC(=O)N1N=C(c2ccc(F)cc2)CC1c1ccc2c(c1)OCO2)C(=O)C1CC1. The second-order valence-electron chi connectivity index (χ2n) is 8.65. The van der Waals surface area contributed by atoms with Gasteiger partial charge in [0.05, 0.1) is 18.4 Å². The number of fused-ring (bicyclic) bond motifs is 1. The van der Waals surface area contributed by atoms with Gasteiger partial charge in [-0.3, -0.25) is 9.59 Å². The highest BCUT2D eigenvalue weighted by molar-refractivity contribution is 6.03. The van der Waals surface area contributed by atoms with E-state index in [1.807, 2.05) is 18.2 Å². The van der Waals surface area contributed by atoms with E-state index >= 15 is 0 Å². The molecule has 8 nitrogen and oxygen atoms in total. The van der Waals surface area contributed by atoms with E-state index < -0.39 is 0 Å². The third-order valence-corrected chi connectivity index (χ3v) is 6.25. The van der Waals surface area contributed by atoms with Crippen LogP contribution < -0.4 is 9.47 Å². The number of carbonyl (C=O) groups excluding carboxylic acids is 2. The first-order valence-corrected chi connectivity index (χ1v) is 11.4. The molecule has 2 heterocycles. The number of halogens is 1. The molecule has 1 saturated carbocycles. The van der Waals surface area contributed by atoms with Crippen molar-refractivity contribution in [3.05, 3.63) is 59.4 Å². The Morgan fingerprint density at radius 2 is 1.91 bits per heavy atom. The Morgan fingerprint density at radius 3 is 2.65 bits per heavy atom. The van der Waals surface area contributed by atoms with Gasteiger partial charge in [-0.2, -0.15) is 5.10 Å². The zero-order valence-electron chi connectivity index (χ0n) is 18.9. The fourth-order valence-corrected chi connectivity index (χ4v) is 4.23. The van der Waals surface area contributed by atoms with Crippen molar-refractivity contribution in [1.29, 1.82) is 0 Å². The minimum absolute atomic E-state index is 0.00818. The van der Waals surface area contributed by atoms with Crippen LogP contribution in [-0.4, -0.2) is 61.0 Å². The average molecular weight is 467 g/mol. The van der Waals surface area contributed by atoms with Crippen LogP contribution in [0, 0.1) is 11.7 Å². The van der Waals surface area contributed by atoms with Gasteiger partial charge in [-0.1, -0.05) is 18.2 Å². The van der Waals surface area contributed by atoms with E-state index in [1.54, 1.807) is 24.1 Å². The number of methoxy groups -OCH3 is 1. The Balaban J connectivity index is 1.42. The first kappa shape index (κ1) is 22.3. The van der Waals surface area contributed by atoms with Crippen LogP contribution in [0.1, 0.15) is 36.4 Å². The highest BCUT2D eigenvalue weighted by atomic mass is 19.1. The van der Waals surface area contributed by atoms with Crippen molar-refractivity contribution in [1.82, 2.24) is 9.91 Å². The van der Waals surface area contributed by atoms with Crippen LogP contribution in [0.5, 0.6) is 11.5 Å². The molecule has 2 aromatic carbocycles. The molecule has 5 rings (SSSR count). The molecular weight excluding hydrogens is 441 g/mol. The van der Waals surface area contributed by atoms with E-state index in [9.17, 15) is 14.0 Å². The van der Waals surface area contributed by atoms with Crippen LogP contribution in [-0.2, 0) is 14.3 Å². The third-order valence-electron chi connectivity index (χ3n) is 6.25. The lowest BCUT2D eigenvalue weighted by molar-refractivity contribution is -0.142. The number of nitrogens with zero attached hydrogens (tertiary/aromatic N) is 3. The molecule has 2 aliphatic heterocycles. The van der Waals surface area contributed by atoms with E-state index in [1.165, 1.54) is 17.1 Å². The first-order chi connectivity index (χ1) is 16.5. The summed E-state index contributed by atoms with van der Waals surface area (Å²) in [6, 6.07) is 11.2. The highest BCUT2D eigenvalue weighted by Gasteiger charge is 2.38. The zero-order chi connectivity index (χ0) is 23.7. The van der Waals surface area contributed by atoms with Gasteiger partial charge >= 0.3 is 0 Å². The molecule has 1 aliphatic carbocycles. The minimum Gasteiger partial charge on any atom is -0.454 e. The topological polar surface area (TPSA) is 80.7 Å². The number of hydrazone groups is 1. The Bertz CT molecular complexity index is 1120. The fourth-order valence-electron chi connectivity index (χ4n) is 4.23. The third kappa shape index (κ3) is 4.61. The van der Waals surface area contributed by atoms with Crippen molar-refractivity contribution in [3.63, 3.8) is 0 Å². The van der Waals surface area contributed by atoms with Gasteiger partial charge in [-0.05, 0) is 48.2 Å². The number of rotatable bonds is 8. The van der Waals surface area contributed by atoms with Crippen LogP contribution in [0.2, 0.25) is 0 Å². The van der Waals surface area contributed by atoms with Crippen LogP contribution in [0.3, 0.4) is 0 Å². The van der Waals surface area contributed by atoms with E-state index in [-0.39, 0.29) is 42.9 Å². The molecule has 0 aromatic heterocycles. The molecule has 1 unspecified atom stereocenters. The van der Waals surface area contributed by atoms with E-state index in [0.717, 1.165) is 24.0 Å². The van der Waals surface area contributed by atoms with Crippen molar-refractivity contribution >= 4 is 17.5 Å². The molecule has 9 heteroatoms. The second kappa shape index (κ2) is 9.42. The Labute approximate surface area is 196 Å². The van der Waals surface area contributed by atoms with Crippen molar-refractivity contribution in [3.8, 4) is 11.5 Å². The summed E-state index contributed by atoms with van der Waals surface area (Å²) in [5, 5.41) is 6.07. The average Bonchev–Trinajstić information content (AvgIpc) is 3.42. The predicted molar refractivity (Wildman–Crippen MR) is 121 cm³/mol. The Hall–Kier alpha value is -3.46. The predicted octanol–water partition coefficient (Wildman–Crippen LogP) is 3.12. The quantitative estimate of drug-likeness (QED) is 0.596. The molecule has 178 valence electrons. The molecule has 0 radical (unpaired) electrons. The van der Waals surface area contributed by atoms with Crippen LogP contribution in [0.25, 0.3) is 0 Å². The molecule has 0 bridgehead atoms. The summed E-state index contributed by atoms with van der Waals surface area (Å²) in [5.41, 5.74) is 2.26. The molecule has 2 amide bonds. The highest BCUT2D eigenvalue weighted by Crippen LogP contribution is 2.39. The smallest absolute Gasteiger partial charge is 0.262 e. The summed E-state index contributed by atoms with van der Waals surface area (Å²) in [4.78, 5) is 27.8. The number of hydrogen-bond donors (Lipinski definition) is 0. The lowest BCUT2D eigenvalue weighted by Crippen LogP contribution is -2.43. The molecule has 1 atom stereocenters. The molecule has 0 spiro atoms. The van der Waals surface area contributed by atoms with E-state index in [2.05, 4.69) is 5.10 Å². The Morgan fingerprint density at radius 1 is 1.15 bits per heavy atom. The maximum Gasteiger partial charge on any atom is 0.262 e. The van der Waals surface area contributed by atoms with Gasteiger partial charge < -0.3 is 19.1 Å². The number of benzene rings is 2. The van der Waals surface area contributed by atoms with Crippen LogP contribution in [0.15, 0.2) is 47.6 Å². The summed E-state index contributed by atoms with van der Waals surface area (Å²) in [6.07, 6.45) is 2.16. The zero-order valence-corrected chi connectivity index (χ0v) is 18.9. The molecular formula is C25H26FN3O5. The summed E-state index contributed by atoms with van der Waals surface area (Å²) >= 11 is 0. The summed E-state index contributed by atoms with van der Waals surface area (Å²) < 4.78 is 29.5. The van der Waals surface area contributed by atoms with Gasteiger partial charge in [0.15, 0.2) is 11.5 Å². The van der Waals surface area contributed by atoms with Gasteiger partial charge in [-0.25, -0.2) is 9.40 Å². The van der Waals surface area contributed by atoms with Gasteiger partial charge in [0.2, 0.25) is 12.7 Å². The number of amides is 2. The molecule has 0 saturated heterocycles.